The van der Waals surface area contributed by atoms with Crippen molar-refractivity contribution in [2.24, 2.45) is 5.92 Å². The van der Waals surface area contributed by atoms with Crippen LogP contribution in [0.5, 0.6) is 0 Å². The van der Waals surface area contributed by atoms with Crippen molar-refractivity contribution < 1.29 is 18.3 Å². The monoisotopic (exact) mass is 285 g/mol. The summed E-state index contributed by atoms with van der Waals surface area (Å²) in [6.45, 7) is 1.01. The molecule has 0 saturated carbocycles. The molecule has 1 aromatic heterocycles. The van der Waals surface area contributed by atoms with E-state index < -0.39 is 21.7 Å². The molecular formula is C11H15N3O4S. The van der Waals surface area contributed by atoms with Crippen LogP contribution in [0.4, 0.5) is 5.82 Å². The summed E-state index contributed by atoms with van der Waals surface area (Å²) in [5.41, 5.74) is 0. The Balaban J connectivity index is 2.24. The van der Waals surface area contributed by atoms with E-state index in [2.05, 4.69) is 9.97 Å². The van der Waals surface area contributed by atoms with E-state index in [0.717, 1.165) is 12.7 Å². The molecule has 1 fully saturated rings. The third-order valence-electron chi connectivity index (χ3n) is 3.10. The number of sulfone groups is 1. The number of hydrogen-bond donors (Lipinski definition) is 1. The number of aromatic nitrogens is 2. The largest absolute Gasteiger partial charge is 0.481 e. The van der Waals surface area contributed by atoms with Crippen LogP contribution < -0.4 is 4.90 Å². The molecule has 7 nitrogen and oxygen atoms in total. The number of rotatable bonds is 3. The van der Waals surface area contributed by atoms with Crippen LogP contribution >= 0.6 is 0 Å². The number of hydrogen-bond acceptors (Lipinski definition) is 6. The maximum Gasteiger partial charge on any atom is 0.308 e. The fourth-order valence-corrected chi connectivity index (χ4v) is 2.65. The van der Waals surface area contributed by atoms with E-state index in [1.807, 2.05) is 0 Å². The second-order valence-corrected chi connectivity index (χ2v) is 6.57. The van der Waals surface area contributed by atoms with Crippen LogP contribution in [0.25, 0.3) is 0 Å². The second-order valence-electron chi connectivity index (χ2n) is 4.61. The van der Waals surface area contributed by atoms with Crippen LogP contribution in [-0.4, -0.2) is 48.8 Å². The van der Waals surface area contributed by atoms with Crippen LogP contribution in [-0.2, 0) is 14.6 Å². The van der Waals surface area contributed by atoms with Crippen LogP contribution in [0.3, 0.4) is 0 Å². The van der Waals surface area contributed by atoms with Gasteiger partial charge in [0.1, 0.15) is 12.1 Å². The number of carbonyl (C=O) groups is 1. The van der Waals surface area contributed by atoms with Gasteiger partial charge in [-0.3, -0.25) is 4.79 Å². The maximum atomic E-state index is 11.4. The van der Waals surface area contributed by atoms with Gasteiger partial charge in [0, 0.05) is 25.4 Å². The van der Waals surface area contributed by atoms with Crippen LogP contribution in [0.15, 0.2) is 17.4 Å². The smallest absolute Gasteiger partial charge is 0.308 e. The maximum absolute atomic E-state index is 11.4. The van der Waals surface area contributed by atoms with E-state index in [1.165, 1.54) is 12.4 Å². The zero-order valence-corrected chi connectivity index (χ0v) is 11.3. The Kier molecular flexibility index (Phi) is 3.70. The van der Waals surface area contributed by atoms with Crippen molar-refractivity contribution in [3.05, 3.63) is 12.4 Å². The molecule has 0 spiro atoms. The molecule has 1 aliphatic rings. The molecule has 1 unspecified atom stereocenters. The van der Waals surface area contributed by atoms with E-state index in [0.29, 0.717) is 25.3 Å². The van der Waals surface area contributed by atoms with Gasteiger partial charge in [-0.2, -0.15) is 0 Å². The summed E-state index contributed by atoms with van der Waals surface area (Å²) in [6, 6.07) is 1.39. The lowest BCUT2D eigenvalue weighted by atomic mass is 9.98. The minimum Gasteiger partial charge on any atom is -0.481 e. The first-order chi connectivity index (χ1) is 8.88. The molecule has 2 heterocycles. The zero-order chi connectivity index (χ0) is 14.0. The van der Waals surface area contributed by atoms with E-state index >= 15 is 0 Å². The SMILES string of the molecule is CS(=O)(=O)c1cc(N2CCCC(C(=O)O)C2)ncn1. The van der Waals surface area contributed by atoms with Gasteiger partial charge in [-0.15, -0.1) is 0 Å². The summed E-state index contributed by atoms with van der Waals surface area (Å²) in [4.78, 5) is 20.5. The van der Waals surface area contributed by atoms with Crippen LogP contribution in [0, 0.1) is 5.92 Å². The Morgan fingerprint density at radius 2 is 2.21 bits per heavy atom. The Hall–Kier alpha value is -1.70. The normalized spacial score (nSPS) is 20.3. The molecule has 0 aliphatic carbocycles. The predicted molar refractivity (Wildman–Crippen MR) is 67.7 cm³/mol. The molecule has 0 bridgehead atoms. The molecule has 1 aliphatic heterocycles. The molecule has 104 valence electrons. The highest BCUT2D eigenvalue weighted by molar-refractivity contribution is 7.90. The predicted octanol–water partition coefficient (Wildman–Crippen LogP) is 0.181. The number of nitrogens with zero attached hydrogens (tertiary/aromatic N) is 3. The first-order valence-corrected chi connectivity index (χ1v) is 7.77. The van der Waals surface area contributed by atoms with E-state index in [4.69, 9.17) is 5.11 Å². The van der Waals surface area contributed by atoms with Crippen molar-refractivity contribution in [3.63, 3.8) is 0 Å². The van der Waals surface area contributed by atoms with Gasteiger partial charge in [0.05, 0.1) is 5.92 Å². The quantitative estimate of drug-likeness (QED) is 0.791. The van der Waals surface area contributed by atoms with Gasteiger partial charge in [0.25, 0.3) is 0 Å². The van der Waals surface area contributed by atoms with Gasteiger partial charge in [0.15, 0.2) is 14.9 Å². The lowest BCUT2D eigenvalue weighted by Gasteiger charge is -2.31. The van der Waals surface area contributed by atoms with Gasteiger partial charge in [0.2, 0.25) is 0 Å². The third kappa shape index (κ3) is 3.19. The number of carboxylic acid groups (broad SMARTS) is 1. The van der Waals surface area contributed by atoms with Crippen molar-refractivity contribution in [3.8, 4) is 0 Å². The highest BCUT2D eigenvalue weighted by atomic mass is 32.2. The molecule has 1 atom stereocenters. The summed E-state index contributed by atoms with van der Waals surface area (Å²) in [6.07, 6.45) is 3.65. The summed E-state index contributed by atoms with van der Waals surface area (Å²) in [7, 11) is -3.39. The third-order valence-corrected chi connectivity index (χ3v) is 4.09. The molecule has 0 radical (unpaired) electrons. The Morgan fingerprint density at radius 1 is 1.47 bits per heavy atom. The fourth-order valence-electron chi connectivity index (χ4n) is 2.09. The summed E-state index contributed by atoms with van der Waals surface area (Å²) in [5, 5.41) is 8.99. The number of aliphatic carboxylic acids is 1. The summed E-state index contributed by atoms with van der Waals surface area (Å²) < 4.78 is 22.9. The molecule has 1 saturated heterocycles. The van der Waals surface area contributed by atoms with E-state index in [9.17, 15) is 13.2 Å². The minimum absolute atomic E-state index is 0.0463. The number of anilines is 1. The second kappa shape index (κ2) is 5.12. The van der Waals surface area contributed by atoms with Gasteiger partial charge in [-0.05, 0) is 12.8 Å². The first kappa shape index (κ1) is 13.7. The molecule has 8 heteroatoms. The van der Waals surface area contributed by atoms with Gasteiger partial charge >= 0.3 is 5.97 Å². The zero-order valence-electron chi connectivity index (χ0n) is 10.5. The van der Waals surface area contributed by atoms with Crippen LogP contribution in [0.1, 0.15) is 12.8 Å². The molecule has 2 rings (SSSR count). The molecule has 0 aromatic carbocycles. The van der Waals surface area contributed by atoms with Crippen LogP contribution in [0.2, 0.25) is 0 Å². The number of carboxylic acids is 1. The molecule has 1 N–H and O–H groups in total. The topological polar surface area (TPSA) is 100 Å². The Labute approximate surface area is 111 Å². The lowest BCUT2D eigenvalue weighted by molar-refractivity contribution is -0.141. The molecule has 19 heavy (non-hydrogen) atoms. The minimum atomic E-state index is -3.39. The van der Waals surface area contributed by atoms with Gasteiger partial charge < -0.3 is 10.0 Å². The number of piperidine rings is 1. The van der Waals surface area contributed by atoms with Crippen molar-refractivity contribution in [2.75, 3.05) is 24.2 Å². The molecule has 1 aromatic rings. The van der Waals surface area contributed by atoms with Gasteiger partial charge in [-0.1, -0.05) is 0 Å². The Morgan fingerprint density at radius 3 is 2.84 bits per heavy atom. The summed E-state index contributed by atoms with van der Waals surface area (Å²) >= 11 is 0. The van der Waals surface area contributed by atoms with Crippen molar-refractivity contribution in [1.82, 2.24) is 9.97 Å². The average molecular weight is 285 g/mol. The first-order valence-electron chi connectivity index (χ1n) is 5.88. The highest BCUT2D eigenvalue weighted by Gasteiger charge is 2.26. The molecular weight excluding hydrogens is 270 g/mol. The van der Waals surface area contributed by atoms with Crippen molar-refractivity contribution in [2.45, 2.75) is 17.9 Å². The van der Waals surface area contributed by atoms with Gasteiger partial charge in [-0.25, -0.2) is 18.4 Å². The Bertz CT molecular complexity index is 587. The van der Waals surface area contributed by atoms with E-state index in [1.54, 1.807) is 4.90 Å². The van der Waals surface area contributed by atoms with Crippen molar-refractivity contribution in [1.29, 1.82) is 0 Å². The highest BCUT2D eigenvalue weighted by Crippen LogP contribution is 2.22. The van der Waals surface area contributed by atoms with E-state index in [-0.39, 0.29) is 5.03 Å². The molecule has 0 amide bonds. The fraction of sp³-hybridized carbons (Fsp3) is 0.545. The summed E-state index contributed by atoms with van der Waals surface area (Å²) in [5.74, 6) is -0.811. The van der Waals surface area contributed by atoms with Crippen molar-refractivity contribution >= 4 is 21.6 Å². The standard InChI is InChI=1S/C11H15N3O4S/c1-19(17,18)10-5-9(12-7-13-10)14-4-2-3-8(6-14)11(15)16/h5,7-8H,2-4,6H2,1H3,(H,15,16). The lowest BCUT2D eigenvalue weighted by Crippen LogP contribution is -2.39. The average Bonchev–Trinajstić information content (AvgIpc) is 2.38.